The Bertz CT molecular complexity index is 572. The van der Waals surface area contributed by atoms with Crippen LogP contribution in [-0.4, -0.2) is 25.1 Å². The Labute approximate surface area is 90.4 Å². The summed E-state index contributed by atoms with van der Waals surface area (Å²) in [7, 11) is 0. The minimum absolute atomic E-state index is 0.500. The molecule has 0 aliphatic rings. The molecule has 78 valence electrons. The number of furan rings is 1. The maximum atomic E-state index is 5.20. The molecule has 0 aliphatic heterocycles. The van der Waals surface area contributed by atoms with Crippen molar-refractivity contribution in [3.8, 4) is 23.1 Å². The van der Waals surface area contributed by atoms with Crippen molar-refractivity contribution in [1.29, 1.82) is 0 Å². The lowest BCUT2D eigenvalue weighted by molar-refractivity contribution is 0.577. The maximum Gasteiger partial charge on any atom is 0.201 e. The molecule has 0 saturated carbocycles. The smallest absolute Gasteiger partial charge is 0.201 e. The highest BCUT2D eigenvalue weighted by molar-refractivity contribution is 5.53. The van der Waals surface area contributed by atoms with Crippen LogP contribution >= 0.6 is 0 Å². The average Bonchev–Trinajstić information content (AvgIpc) is 3.01. The molecule has 3 aromatic rings. The highest BCUT2D eigenvalue weighted by Gasteiger charge is 2.09. The molecule has 6 nitrogen and oxygen atoms in total. The first-order valence-corrected chi connectivity index (χ1v) is 4.66. The highest BCUT2D eigenvalue weighted by Crippen LogP contribution is 2.17. The number of rotatable bonds is 2. The van der Waals surface area contributed by atoms with Crippen LogP contribution in [0, 0.1) is 0 Å². The normalized spacial score (nSPS) is 10.5. The van der Waals surface area contributed by atoms with E-state index in [0.717, 1.165) is 0 Å². The van der Waals surface area contributed by atoms with Crippen molar-refractivity contribution < 1.29 is 4.42 Å². The van der Waals surface area contributed by atoms with Crippen LogP contribution in [0.3, 0.4) is 0 Å². The van der Waals surface area contributed by atoms with E-state index in [-0.39, 0.29) is 0 Å². The summed E-state index contributed by atoms with van der Waals surface area (Å²) in [5.41, 5.74) is 0.622. The van der Waals surface area contributed by atoms with Crippen molar-refractivity contribution >= 4 is 0 Å². The van der Waals surface area contributed by atoms with Gasteiger partial charge in [-0.05, 0) is 12.1 Å². The predicted octanol–water partition coefficient (Wildman–Crippen LogP) is 1.52. The summed E-state index contributed by atoms with van der Waals surface area (Å²) >= 11 is 0. The van der Waals surface area contributed by atoms with Crippen LogP contribution < -0.4 is 0 Å². The lowest BCUT2D eigenvalue weighted by Crippen LogP contribution is -1.85. The summed E-state index contributed by atoms with van der Waals surface area (Å²) < 4.78 is 5.20. The third-order valence-electron chi connectivity index (χ3n) is 2.03. The molecule has 0 amide bonds. The number of aromatic amines is 1. The summed E-state index contributed by atoms with van der Waals surface area (Å²) in [5, 5.41) is 6.83. The van der Waals surface area contributed by atoms with Crippen LogP contribution in [0.5, 0.6) is 0 Å². The molecule has 1 N–H and O–H groups in total. The summed E-state index contributed by atoms with van der Waals surface area (Å²) in [6.07, 6.45) is 6.39. The Balaban J connectivity index is 2.00. The van der Waals surface area contributed by atoms with Gasteiger partial charge in [-0.1, -0.05) is 0 Å². The van der Waals surface area contributed by atoms with Gasteiger partial charge >= 0.3 is 0 Å². The van der Waals surface area contributed by atoms with Crippen molar-refractivity contribution in [2.24, 2.45) is 0 Å². The minimum atomic E-state index is 0.500. The van der Waals surface area contributed by atoms with Crippen LogP contribution in [0.4, 0.5) is 0 Å². The molecule has 3 rings (SSSR count). The number of nitrogens with zero attached hydrogens (tertiary/aromatic N) is 4. The Morgan fingerprint density at radius 1 is 1.25 bits per heavy atom. The molecule has 6 heteroatoms. The Morgan fingerprint density at radius 2 is 2.25 bits per heavy atom. The van der Waals surface area contributed by atoms with Crippen molar-refractivity contribution in [3.63, 3.8) is 0 Å². The van der Waals surface area contributed by atoms with Gasteiger partial charge in [0, 0.05) is 12.4 Å². The van der Waals surface area contributed by atoms with Gasteiger partial charge in [0.2, 0.25) is 5.82 Å². The van der Waals surface area contributed by atoms with E-state index in [1.807, 2.05) is 0 Å². The van der Waals surface area contributed by atoms with Gasteiger partial charge in [0.15, 0.2) is 11.6 Å². The largest absolute Gasteiger partial charge is 0.461 e. The first-order valence-electron chi connectivity index (χ1n) is 4.66. The zero-order valence-electron chi connectivity index (χ0n) is 8.16. The van der Waals surface area contributed by atoms with Crippen molar-refractivity contribution in [3.05, 3.63) is 37.0 Å². The van der Waals surface area contributed by atoms with E-state index in [0.29, 0.717) is 23.1 Å². The second kappa shape index (κ2) is 3.58. The van der Waals surface area contributed by atoms with Gasteiger partial charge in [-0.2, -0.15) is 5.10 Å². The predicted molar refractivity (Wildman–Crippen MR) is 55.1 cm³/mol. The van der Waals surface area contributed by atoms with E-state index < -0.39 is 0 Å². The molecule has 0 atom stereocenters. The fraction of sp³-hybridized carbons (Fsp3) is 0. The Hall–Kier alpha value is -2.50. The highest BCUT2D eigenvalue weighted by atomic mass is 16.3. The molecule has 0 aliphatic carbocycles. The van der Waals surface area contributed by atoms with Crippen LogP contribution in [0.15, 0.2) is 41.4 Å². The minimum Gasteiger partial charge on any atom is -0.461 e. The summed E-state index contributed by atoms with van der Waals surface area (Å²) in [5.74, 6) is 1.72. The van der Waals surface area contributed by atoms with E-state index in [2.05, 4.69) is 25.1 Å². The van der Waals surface area contributed by atoms with E-state index in [4.69, 9.17) is 4.42 Å². The fourth-order valence-corrected chi connectivity index (χ4v) is 1.31. The summed E-state index contributed by atoms with van der Waals surface area (Å²) in [6.45, 7) is 0. The maximum absolute atomic E-state index is 5.20. The van der Waals surface area contributed by atoms with Crippen LogP contribution in [0.1, 0.15) is 0 Å². The fourth-order valence-electron chi connectivity index (χ4n) is 1.31. The van der Waals surface area contributed by atoms with E-state index in [1.165, 1.54) is 0 Å². The van der Waals surface area contributed by atoms with Crippen molar-refractivity contribution in [2.75, 3.05) is 0 Å². The van der Waals surface area contributed by atoms with E-state index >= 15 is 0 Å². The molecule has 0 aromatic carbocycles. The monoisotopic (exact) mass is 213 g/mol. The lowest BCUT2D eigenvalue weighted by Gasteiger charge is -1.89. The molecular weight excluding hydrogens is 206 g/mol. The van der Waals surface area contributed by atoms with Crippen molar-refractivity contribution in [2.45, 2.75) is 0 Å². The van der Waals surface area contributed by atoms with Gasteiger partial charge in [-0.3, -0.25) is 10.1 Å². The molecule has 0 saturated heterocycles. The van der Waals surface area contributed by atoms with Crippen molar-refractivity contribution in [1.82, 2.24) is 25.1 Å². The first-order chi connectivity index (χ1) is 7.93. The summed E-state index contributed by atoms with van der Waals surface area (Å²) in [6, 6.07) is 3.60. The molecule has 0 spiro atoms. The van der Waals surface area contributed by atoms with E-state index in [1.54, 1.807) is 37.0 Å². The number of H-pyrrole nitrogens is 1. The topological polar surface area (TPSA) is 80.5 Å². The second-order valence-electron chi connectivity index (χ2n) is 3.08. The molecule has 0 radical (unpaired) electrons. The lowest BCUT2D eigenvalue weighted by atomic mass is 10.4. The molecule has 16 heavy (non-hydrogen) atoms. The quantitative estimate of drug-likeness (QED) is 0.698. The average molecular weight is 213 g/mol. The Kier molecular flexibility index (Phi) is 1.96. The van der Waals surface area contributed by atoms with Gasteiger partial charge in [0.05, 0.1) is 12.5 Å². The zero-order valence-corrected chi connectivity index (χ0v) is 8.16. The molecule has 0 unspecified atom stereocenters. The molecular formula is C10H7N5O. The first kappa shape index (κ1) is 8.78. The third kappa shape index (κ3) is 1.46. The second-order valence-corrected chi connectivity index (χ2v) is 3.08. The van der Waals surface area contributed by atoms with Crippen LogP contribution in [0.2, 0.25) is 0 Å². The number of nitrogens with one attached hydrogen (secondary N) is 1. The molecule has 3 aromatic heterocycles. The van der Waals surface area contributed by atoms with Gasteiger partial charge in [0.1, 0.15) is 5.69 Å². The van der Waals surface area contributed by atoms with Gasteiger partial charge in [-0.25, -0.2) is 9.97 Å². The van der Waals surface area contributed by atoms with Crippen LogP contribution in [0.25, 0.3) is 23.1 Å². The standard InChI is InChI=1S/C10H7N5O/c1-2-8(16-5-1)10-13-9(14-15-10)7-6-11-3-4-12-7/h1-6H,(H,13,14,15). The Morgan fingerprint density at radius 3 is 3.00 bits per heavy atom. The van der Waals surface area contributed by atoms with E-state index in [9.17, 15) is 0 Å². The summed E-state index contributed by atoms with van der Waals surface area (Å²) in [4.78, 5) is 12.3. The number of aromatic nitrogens is 5. The van der Waals surface area contributed by atoms with Gasteiger partial charge in [0.25, 0.3) is 0 Å². The molecule has 0 fully saturated rings. The number of hydrogen-bond acceptors (Lipinski definition) is 5. The zero-order chi connectivity index (χ0) is 10.8. The third-order valence-corrected chi connectivity index (χ3v) is 2.03. The molecule has 0 bridgehead atoms. The SMILES string of the molecule is c1coc(-c2nc(-c3cnccn3)n[nH]2)c1. The van der Waals surface area contributed by atoms with Gasteiger partial charge in [-0.15, -0.1) is 0 Å². The molecule has 3 heterocycles. The van der Waals surface area contributed by atoms with Gasteiger partial charge < -0.3 is 4.42 Å². The van der Waals surface area contributed by atoms with Crippen LogP contribution in [-0.2, 0) is 0 Å². The number of hydrogen-bond donors (Lipinski definition) is 1.